The topological polar surface area (TPSA) is 96.0 Å². The lowest BCUT2D eigenvalue weighted by atomic mass is 9.95. The van der Waals surface area contributed by atoms with Gasteiger partial charge in [-0.05, 0) is 67.6 Å². The van der Waals surface area contributed by atoms with Gasteiger partial charge in [-0.1, -0.05) is 74.7 Å². The third-order valence-corrected chi connectivity index (χ3v) is 9.58. The number of sulfonamides is 1. The Morgan fingerprint density at radius 2 is 1.52 bits per heavy atom. The molecule has 3 aromatic carbocycles. The van der Waals surface area contributed by atoms with E-state index in [1.807, 2.05) is 37.3 Å². The highest BCUT2D eigenvalue weighted by Crippen LogP contribution is 2.26. The van der Waals surface area contributed by atoms with E-state index in [-0.39, 0.29) is 23.4 Å². The summed E-state index contributed by atoms with van der Waals surface area (Å²) < 4.78 is 34.2. The van der Waals surface area contributed by atoms with Crippen molar-refractivity contribution in [3.8, 4) is 5.75 Å². The number of anilines is 1. The lowest BCUT2D eigenvalue weighted by Crippen LogP contribution is -2.54. The van der Waals surface area contributed by atoms with Gasteiger partial charge in [-0.15, -0.1) is 0 Å². The van der Waals surface area contributed by atoms with Gasteiger partial charge < -0.3 is 15.0 Å². The fourth-order valence-electron chi connectivity index (χ4n) is 5.44. The van der Waals surface area contributed by atoms with E-state index in [2.05, 4.69) is 5.32 Å². The van der Waals surface area contributed by atoms with Crippen LogP contribution in [0.2, 0.25) is 0 Å². The summed E-state index contributed by atoms with van der Waals surface area (Å²) in [5, 5.41) is 3.18. The monoisotopic (exact) mass is 591 g/mol. The molecule has 3 aromatic rings. The summed E-state index contributed by atoms with van der Waals surface area (Å²) in [6.07, 6.45) is 6.13. The quantitative estimate of drug-likeness (QED) is 0.295. The normalized spacial score (nSPS) is 14.5. The molecule has 4 rings (SSSR count). The number of nitrogens with zero attached hydrogens (tertiary/aromatic N) is 2. The van der Waals surface area contributed by atoms with E-state index >= 15 is 0 Å². The first kappa shape index (κ1) is 31.1. The Morgan fingerprint density at radius 3 is 2.12 bits per heavy atom. The number of ether oxygens (including phenoxy) is 1. The van der Waals surface area contributed by atoms with Crippen LogP contribution in [-0.2, 0) is 26.0 Å². The van der Waals surface area contributed by atoms with Gasteiger partial charge in [-0.2, -0.15) is 0 Å². The van der Waals surface area contributed by atoms with Crippen molar-refractivity contribution >= 4 is 27.5 Å². The summed E-state index contributed by atoms with van der Waals surface area (Å²) in [6, 6.07) is 23.8. The summed E-state index contributed by atoms with van der Waals surface area (Å²) in [6.45, 7) is 1.71. The number of nitrogens with one attached hydrogen (secondary N) is 1. The van der Waals surface area contributed by atoms with E-state index in [9.17, 15) is 18.0 Å². The van der Waals surface area contributed by atoms with E-state index < -0.39 is 28.5 Å². The van der Waals surface area contributed by atoms with Crippen LogP contribution in [0.3, 0.4) is 0 Å². The van der Waals surface area contributed by atoms with Crippen LogP contribution >= 0.6 is 0 Å². The van der Waals surface area contributed by atoms with Crippen LogP contribution in [0.4, 0.5) is 5.69 Å². The van der Waals surface area contributed by atoms with Gasteiger partial charge in [0.1, 0.15) is 18.3 Å². The number of hydrogen-bond donors (Lipinski definition) is 1. The zero-order valence-corrected chi connectivity index (χ0v) is 25.3. The molecule has 1 fully saturated rings. The molecule has 1 atom stereocenters. The van der Waals surface area contributed by atoms with Crippen molar-refractivity contribution in [3.63, 3.8) is 0 Å². The number of amides is 2. The van der Waals surface area contributed by atoms with E-state index in [4.69, 9.17) is 4.74 Å². The van der Waals surface area contributed by atoms with Crippen molar-refractivity contribution in [2.75, 3.05) is 24.5 Å². The first-order valence-electron chi connectivity index (χ1n) is 14.7. The Labute approximate surface area is 249 Å². The van der Waals surface area contributed by atoms with Gasteiger partial charge in [-0.25, -0.2) is 8.42 Å². The number of rotatable bonds is 13. The van der Waals surface area contributed by atoms with Crippen LogP contribution < -0.4 is 14.4 Å². The van der Waals surface area contributed by atoms with Gasteiger partial charge in [0.25, 0.3) is 10.0 Å². The molecule has 0 bridgehead atoms. The van der Waals surface area contributed by atoms with Crippen LogP contribution in [0.5, 0.6) is 5.75 Å². The SMILES string of the molecule is CC[C@@H](C(=O)NC1CCCCC1)N(CCc1ccccc1)C(=O)CN(c1ccc(OC)cc1)S(=O)(=O)c1ccccc1. The second kappa shape index (κ2) is 14.9. The Kier molecular flexibility index (Phi) is 11.0. The minimum Gasteiger partial charge on any atom is -0.497 e. The molecule has 1 saturated carbocycles. The Morgan fingerprint density at radius 1 is 0.905 bits per heavy atom. The van der Waals surface area contributed by atoms with Crippen LogP contribution in [0, 0.1) is 0 Å². The molecule has 9 heteroatoms. The highest BCUT2D eigenvalue weighted by atomic mass is 32.2. The average molecular weight is 592 g/mol. The molecule has 0 unspecified atom stereocenters. The summed E-state index contributed by atoms with van der Waals surface area (Å²) in [5.74, 6) is -0.0586. The largest absolute Gasteiger partial charge is 0.497 e. The van der Waals surface area contributed by atoms with Crippen LogP contribution in [0.1, 0.15) is 51.0 Å². The molecule has 0 saturated heterocycles. The third kappa shape index (κ3) is 7.91. The van der Waals surface area contributed by atoms with Gasteiger partial charge in [0, 0.05) is 12.6 Å². The second-order valence-electron chi connectivity index (χ2n) is 10.6. The van der Waals surface area contributed by atoms with Gasteiger partial charge in [0.15, 0.2) is 0 Å². The predicted molar refractivity (Wildman–Crippen MR) is 165 cm³/mol. The molecule has 1 aliphatic rings. The van der Waals surface area contributed by atoms with E-state index in [0.29, 0.717) is 24.3 Å². The first-order chi connectivity index (χ1) is 20.3. The van der Waals surface area contributed by atoms with Crippen LogP contribution in [0.15, 0.2) is 89.8 Å². The number of carbonyl (C=O) groups is 2. The van der Waals surface area contributed by atoms with Crippen molar-refractivity contribution in [3.05, 3.63) is 90.5 Å². The zero-order valence-electron chi connectivity index (χ0n) is 24.4. The summed E-state index contributed by atoms with van der Waals surface area (Å²) in [4.78, 5) is 29.4. The van der Waals surface area contributed by atoms with E-state index in [1.165, 1.54) is 25.7 Å². The number of carbonyl (C=O) groups excluding carboxylic acids is 2. The molecule has 0 heterocycles. The molecule has 42 heavy (non-hydrogen) atoms. The molecule has 8 nitrogen and oxygen atoms in total. The van der Waals surface area contributed by atoms with Crippen molar-refractivity contribution in [2.45, 2.75) is 68.8 Å². The maximum Gasteiger partial charge on any atom is 0.264 e. The number of methoxy groups -OCH3 is 1. The molecule has 0 aromatic heterocycles. The molecular formula is C33H41N3O5S. The van der Waals surface area contributed by atoms with Gasteiger partial charge in [-0.3, -0.25) is 13.9 Å². The Bertz CT molecular complexity index is 1390. The van der Waals surface area contributed by atoms with Crippen molar-refractivity contribution in [1.29, 1.82) is 0 Å². The lowest BCUT2D eigenvalue weighted by molar-refractivity contribution is -0.140. The fraction of sp³-hybridized carbons (Fsp3) is 0.394. The van der Waals surface area contributed by atoms with E-state index in [1.54, 1.807) is 47.4 Å². The van der Waals surface area contributed by atoms with Crippen LogP contribution in [0.25, 0.3) is 0 Å². The van der Waals surface area contributed by atoms with Crippen molar-refractivity contribution in [2.24, 2.45) is 0 Å². The standard InChI is InChI=1S/C33H41N3O5S/c1-3-31(33(38)34-27-15-9-5-10-16-27)35(24-23-26-13-7-4-8-14-26)32(37)25-36(28-19-21-29(41-2)22-20-28)42(39,40)30-17-11-6-12-18-30/h4,6-8,11-14,17-22,27,31H,3,5,9-10,15-16,23-25H2,1-2H3,(H,34,38)/t31-/m0/s1. The molecule has 0 spiro atoms. The van der Waals surface area contributed by atoms with Crippen molar-refractivity contribution in [1.82, 2.24) is 10.2 Å². The first-order valence-corrected chi connectivity index (χ1v) is 16.1. The van der Waals surface area contributed by atoms with Crippen molar-refractivity contribution < 1.29 is 22.7 Å². The lowest BCUT2D eigenvalue weighted by Gasteiger charge is -2.34. The average Bonchev–Trinajstić information content (AvgIpc) is 3.03. The third-order valence-electron chi connectivity index (χ3n) is 7.79. The molecule has 1 aliphatic carbocycles. The highest BCUT2D eigenvalue weighted by molar-refractivity contribution is 7.92. The maximum atomic E-state index is 14.2. The van der Waals surface area contributed by atoms with Gasteiger partial charge in [0.05, 0.1) is 17.7 Å². The molecule has 1 N–H and O–H groups in total. The number of benzene rings is 3. The maximum absolute atomic E-state index is 14.2. The summed E-state index contributed by atoms with van der Waals surface area (Å²) >= 11 is 0. The molecular weight excluding hydrogens is 550 g/mol. The Balaban J connectivity index is 1.65. The van der Waals surface area contributed by atoms with Crippen LogP contribution in [-0.4, -0.2) is 57.4 Å². The minimum absolute atomic E-state index is 0.0755. The summed E-state index contributed by atoms with van der Waals surface area (Å²) in [7, 11) is -2.57. The van der Waals surface area contributed by atoms with E-state index in [0.717, 1.165) is 35.6 Å². The van der Waals surface area contributed by atoms with Gasteiger partial charge in [0.2, 0.25) is 11.8 Å². The summed E-state index contributed by atoms with van der Waals surface area (Å²) in [5.41, 5.74) is 1.36. The van der Waals surface area contributed by atoms with Gasteiger partial charge >= 0.3 is 0 Å². The highest BCUT2D eigenvalue weighted by Gasteiger charge is 2.34. The molecule has 0 aliphatic heterocycles. The zero-order chi connectivity index (χ0) is 30.0. The molecule has 224 valence electrons. The number of hydrogen-bond acceptors (Lipinski definition) is 5. The fourth-order valence-corrected chi connectivity index (χ4v) is 6.87. The molecule has 2 amide bonds. The Hall–Kier alpha value is -3.85. The minimum atomic E-state index is -4.10. The smallest absolute Gasteiger partial charge is 0.264 e. The second-order valence-corrected chi connectivity index (χ2v) is 12.5. The molecule has 0 radical (unpaired) electrons. The predicted octanol–water partition coefficient (Wildman–Crippen LogP) is 5.19.